The van der Waals surface area contributed by atoms with E-state index < -0.39 is 5.91 Å². The zero-order chi connectivity index (χ0) is 24.7. The third-order valence-corrected chi connectivity index (χ3v) is 5.73. The third-order valence-electron chi connectivity index (χ3n) is 4.51. The first kappa shape index (κ1) is 25.7. The molecule has 0 heterocycles. The number of nitrogens with one attached hydrogen (secondary N) is 1. The molecule has 0 saturated carbocycles. The molecular weight excluding hydrogens is 518 g/mol. The maximum absolute atomic E-state index is 12.7. The van der Waals surface area contributed by atoms with Crippen molar-refractivity contribution in [1.82, 2.24) is 0 Å². The van der Waals surface area contributed by atoms with Crippen LogP contribution in [0, 0.1) is 11.3 Å². The molecule has 0 unspecified atom stereocenters. The van der Waals surface area contributed by atoms with E-state index in [0.29, 0.717) is 33.7 Å². The van der Waals surface area contributed by atoms with Gasteiger partial charge in [0.1, 0.15) is 18.2 Å². The van der Waals surface area contributed by atoms with Gasteiger partial charge in [-0.2, -0.15) is 5.26 Å². The number of hydrogen-bond acceptors (Lipinski definition) is 4. The van der Waals surface area contributed by atoms with E-state index in [2.05, 4.69) is 5.32 Å². The molecular formula is C25H18Cl4N2O3. The molecule has 0 atom stereocenters. The maximum Gasteiger partial charge on any atom is 0.266 e. The molecule has 1 N–H and O–H groups in total. The van der Waals surface area contributed by atoms with Crippen LogP contribution < -0.4 is 14.8 Å². The molecule has 3 aromatic rings. The van der Waals surface area contributed by atoms with E-state index >= 15 is 0 Å². The number of carbonyl (C=O) groups is 1. The number of benzene rings is 3. The Hall–Kier alpha value is -2.88. The number of nitriles is 1. The van der Waals surface area contributed by atoms with Gasteiger partial charge in [0.25, 0.3) is 5.91 Å². The molecule has 9 heteroatoms. The molecule has 5 nitrogen and oxygen atoms in total. The molecule has 0 bridgehead atoms. The fraction of sp³-hybridized carbons (Fsp3) is 0.120. The molecule has 3 aromatic carbocycles. The SMILES string of the molecule is CCOc1cc(/C=C(\C#N)C(=O)Nc2cc(Cl)ccc2Cl)cc(Cl)c1OCc1ccccc1Cl. The molecule has 0 radical (unpaired) electrons. The van der Waals surface area contributed by atoms with Crippen molar-refractivity contribution in [2.24, 2.45) is 0 Å². The van der Waals surface area contributed by atoms with Gasteiger partial charge >= 0.3 is 0 Å². The number of ether oxygens (including phenoxy) is 2. The molecule has 0 saturated heterocycles. The van der Waals surface area contributed by atoms with Gasteiger partial charge in [-0.1, -0.05) is 64.6 Å². The number of halogens is 4. The van der Waals surface area contributed by atoms with Crippen LogP contribution in [0.1, 0.15) is 18.1 Å². The number of rotatable bonds is 8. The summed E-state index contributed by atoms with van der Waals surface area (Å²) in [4.78, 5) is 12.7. The summed E-state index contributed by atoms with van der Waals surface area (Å²) in [5, 5.41) is 13.6. The molecule has 0 spiro atoms. The van der Waals surface area contributed by atoms with Gasteiger partial charge in [-0.25, -0.2) is 0 Å². The third kappa shape index (κ3) is 6.59. The molecule has 1 amide bonds. The molecule has 0 fully saturated rings. The Morgan fingerprint density at radius 1 is 1.00 bits per heavy atom. The number of hydrogen-bond donors (Lipinski definition) is 1. The Balaban J connectivity index is 1.87. The van der Waals surface area contributed by atoms with Crippen molar-refractivity contribution in [3.63, 3.8) is 0 Å². The zero-order valence-electron chi connectivity index (χ0n) is 17.9. The average Bonchev–Trinajstić information content (AvgIpc) is 2.80. The number of carbonyl (C=O) groups excluding carboxylic acids is 1. The second-order valence-corrected chi connectivity index (χ2v) is 8.55. The van der Waals surface area contributed by atoms with Gasteiger partial charge in [-0.3, -0.25) is 4.79 Å². The summed E-state index contributed by atoms with van der Waals surface area (Å²) < 4.78 is 11.6. The minimum atomic E-state index is -0.653. The van der Waals surface area contributed by atoms with Crippen LogP contribution in [-0.2, 0) is 11.4 Å². The minimum Gasteiger partial charge on any atom is -0.490 e. The van der Waals surface area contributed by atoms with Gasteiger partial charge in [-0.15, -0.1) is 0 Å². The Morgan fingerprint density at radius 2 is 1.76 bits per heavy atom. The summed E-state index contributed by atoms with van der Waals surface area (Å²) in [6, 6.07) is 17.0. The second kappa shape index (κ2) is 12.0. The van der Waals surface area contributed by atoms with Crippen LogP contribution in [0.5, 0.6) is 11.5 Å². The first-order valence-corrected chi connectivity index (χ1v) is 11.5. The van der Waals surface area contributed by atoms with Gasteiger partial charge in [-0.05, 0) is 55.0 Å². The van der Waals surface area contributed by atoms with E-state index in [1.807, 2.05) is 31.2 Å². The molecule has 174 valence electrons. The second-order valence-electron chi connectivity index (χ2n) is 6.89. The van der Waals surface area contributed by atoms with Gasteiger partial charge in [0.2, 0.25) is 0 Å². The lowest BCUT2D eigenvalue weighted by atomic mass is 10.1. The Labute approximate surface area is 217 Å². The summed E-state index contributed by atoms with van der Waals surface area (Å²) >= 11 is 24.7. The van der Waals surface area contributed by atoms with Crippen LogP contribution in [0.15, 0.2) is 60.2 Å². The summed E-state index contributed by atoms with van der Waals surface area (Å²) in [6.45, 7) is 2.35. The zero-order valence-corrected chi connectivity index (χ0v) is 20.9. The normalized spacial score (nSPS) is 11.0. The van der Waals surface area contributed by atoms with Gasteiger partial charge < -0.3 is 14.8 Å². The van der Waals surface area contributed by atoms with Crippen molar-refractivity contribution in [1.29, 1.82) is 5.26 Å². The van der Waals surface area contributed by atoms with Gasteiger partial charge in [0.05, 0.1) is 22.3 Å². The molecule has 0 aromatic heterocycles. The van der Waals surface area contributed by atoms with Crippen molar-refractivity contribution in [2.75, 3.05) is 11.9 Å². The highest BCUT2D eigenvalue weighted by Gasteiger charge is 2.16. The predicted octanol–water partition coefficient (Wildman–Crippen LogP) is 7.82. The fourth-order valence-electron chi connectivity index (χ4n) is 2.94. The molecule has 0 aliphatic rings. The molecule has 34 heavy (non-hydrogen) atoms. The van der Waals surface area contributed by atoms with Crippen molar-refractivity contribution in [3.05, 3.63) is 91.4 Å². The maximum atomic E-state index is 12.7. The van der Waals surface area contributed by atoms with Crippen LogP contribution in [0.2, 0.25) is 20.1 Å². The Bertz CT molecular complexity index is 1290. The first-order chi connectivity index (χ1) is 16.3. The van der Waals surface area contributed by atoms with Crippen LogP contribution in [0.3, 0.4) is 0 Å². The Morgan fingerprint density at radius 3 is 2.47 bits per heavy atom. The highest BCUT2D eigenvalue weighted by Crippen LogP contribution is 2.38. The standard InChI is InChI=1S/C25H18Cl4N2O3/c1-2-33-23-11-15(10-21(29)24(23)34-14-16-5-3-4-6-19(16)27)9-17(13-30)25(32)31-22-12-18(26)7-8-20(22)28/h3-12H,2,14H2,1H3,(H,31,32)/b17-9+. The van der Waals surface area contributed by atoms with E-state index in [4.69, 9.17) is 55.9 Å². The Kier molecular flexibility index (Phi) is 9.09. The highest BCUT2D eigenvalue weighted by atomic mass is 35.5. The average molecular weight is 536 g/mol. The van der Waals surface area contributed by atoms with Crippen LogP contribution in [0.4, 0.5) is 5.69 Å². The van der Waals surface area contributed by atoms with Crippen LogP contribution >= 0.6 is 46.4 Å². The van der Waals surface area contributed by atoms with E-state index in [9.17, 15) is 10.1 Å². The molecule has 0 aliphatic carbocycles. The minimum absolute atomic E-state index is 0.167. The van der Waals surface area contributed by atoms with Crippen molar-refractivity contribution in [3.8, 4) is 17.6 Å². The smallest absolute Gasteiger partial charge is 0.266 e. The van der Waals surface area contributed by atoms with Crippen molar-refractivity contribution >= 4 is 64.1 Å². The van der Waals surface area contributed by atoms with Gasteiger partial charge in [0.15, 0.2) is 11.5 Å². The summed E-state index contributed by atoms with van der Waals surface area (Å²) in [6.07, 6.45) is 1.39. The first-order valence-electron chi connectivity index (χ1n) is 10.0. The lowest BCUT2D eigenvalue weighted by Crippen LogP contribution is -2.13. The fourth-order valence-corrected chi connectivity index (χ4v) is 3.74. The monoisotopic (exact) mass is 534 g/mol. The topological polar surface area (TPSA) is 71.3 Å². The molecule has 3 rings (SSSR count). The summed E-state index contributed by atoms with van der Waals surface area (Å²) in [7, 11) is 0. The van der Waals surface area contributed by atoms with Crippen molar-refractivity contribution in [2.45, 2.75) is 13.5 Å². The van der Waals surface area contributed by atoms with Crippen LogP contribution in [-0.4, -0.2) is 12.5 Å². The molecule has 0 aliphatic heterocycles. The highest BCUT2D eigenvalue weighted by molar-refractivity contribution is 6.36. The summed E-state index contributed by atoms with van der Waals surface area (Å²) in [5.41, 5.74) is 1.38. The van der Waals surface area contributed by atoms with E-state index in [1.54, 1.807) is 30.3 Å². The van der Waals surface area contributed by atoms with E-state index in [0.717, 1.165) is 5.56 Å². The van der Waals surface area contributed by atoms with Crippen LogP contribution in [0.25, 0.3) is 6.08 Å². The predicted molar refractivity (Wildman–Crippen MR) is 137 cm³/mol. The van der Waals surface area contributed by atoms with Crippen molar-refractivity contribution < 1.29 is 14.3 Å². The lowest BCUT2D eigenvalue weighted by Gasteiger charge is -2.15. The number of nitrogens with zero attached hydrogens (tertiary/aromatic N) is 1. The van der Waals surface area contributed by atoms with E-state index in [1.165, 1.54) is 12.1 Å². The number of anilines is 1. The number of amides is 1. The van der Waals surface area contributed by atoms with Gasteiger partial charge in [0, 0.05) is 15.6 Å². The van der Waals surface area contributed by atoms with E-state index in [-0.39, 0.29) is 27.9 Å². The summed E-state index contributed by atoms with van der Waals surface area (Å²) in [5.74, 6) is 0.0398. The lowest BCUT2D eigenvalue weighted by molar-refractivity contribution is -0.112. The largest absolute Gasteiger partial charge is 0.490 e. The quantitative estimate of drug-likeness (QED) is 0.235.